The Balaban J connectivity index is 2.23. The Morgan fingerprint density at radius 1 is 1.22 bits per heavy atom. The van der Waals surface area contributed by atoms with Crippen molar-refractivity contribution in [2.75, 3.05) is 0 Å². The lowest BCUT2D eigenvalue weighted by Gasteiger charge is -2.23. The summed E-state index contributed by atoms with van der Waals surface area (Å²) in [4.78, 5) is 0. The van der Waals surface area contributed by atoms with Crippen LogP contribution in [-0.4, -0.2) is 11.2 Å². The van der Waals surface area contributed by atoms with Gasteiger partial charge in [0.25, 0.3) is 0 Å². The van der Waals surface area contributed by atoms with Crippen LogP contribution in [0.3, 0.4) is 0 Å². The lowest BCUT2D eigenvalue weighted by atomic mass is 9.86. The molecular formula is C8H15O. The van der Waals surface area contributed by atoms with Crippen LogP contribution in [0, 0.1) is 12.8 Å². The third-order valence-electron chi connectivity index (χ3n) is 2.19. The van der Waals surface area contributed by atoms with Crippen LogP contribution in [0.2, 0.25) is 0 Å². The molecule has 0 amide bonds. The maximum atomic E-state index is 9.07. The standard InChI is InChI=1S/C8H15O/c1-7(9)8-5-3-2-4-6-8/h7-9H,1-6H2. The molecule has 9 heavy (non-hydrogen) atoms. The summed E-state index contributed by atoms with van der Waals surface area (Å²) in [5, 5.41) is 9.07. The van der Waals surface area contributed by atoms with E-state index in [0.717, 1.165) is 0 Å². The first-order chi connectivity index (χ1) is 4.30. The highest BCUT2D eigenvalue weighted by molar-refractivity contribution is 4.73. The summed E-state index contributed by atoms with van der Waals surface area (Å²) < 4.78 is 0. The van der Waals surface area contributed by atoms with Crippen LogP contribution >= 0.6 is 0 Å². The number of hydrogen-bond donors (Lipinski definition) is 1. The number of aliphatic hydroxyl groups is 1. The molecule has 0 saturated heterocycles. The van der Waals surface area contributed by atoms with Gasteiger partial charge in [-0.2, -0.15) is 0 Å². The third-order valence-corrected chi connectivity index (χ3v) is 2.19. The van der Waals surface area contributed by atoms with Crippen molar-refractivity contribution in [3.8, 4) is 0 Å². The van der Waals surface area contributed by atoms with E-state index >= 15 is 0 Å². The highest BCUT2D eigenvalue weighted by Gasteiger charge is 2.17. The Morgan fingerprint density at radius 2 is 1.78 bits per heavy atom. The van der Waals surface area contributed by atoms with Gasteiger partial charge in [0.2, 0.25) is 0 Å². The molecule has 1 fully saturated rings. The molecule has 1 aliphatic rings. The van der Waals surface area contributed by atoms with Crippen LogP contribution in [-0.2, 0) is 0 Å². The van der Waals surface area contributed by atoms with E-state index in [1.165, 1.54) is 32.1 Å². The minimum Gasteiger partial charge on any atom is -0.393 e. The zero-order valence-corrected chi connectivity index (χ0v) is 5.84. The van der Waals surface area contributed by atoms with Crippen molar-refractivity contribution in [3.05, 3.63) is 6.92 Å². The van der Waals surface area contributed by atoms with E-state index in [2.05, 4.69) is 6.92 Å². The fourth-order valence-corrected chi connectivity index (χ4v) is 1.52. The van der Waals surface area contributed by atoms with Gasteiger partial charge in [0, 0.05) is 0 Å². The molecule has 0 bridgehead atoms. The second kappa shape index (κ2) is 3.21. The lowest BCUT2D eigenvalue weighted by molar-refractivity contribution is 0.123. The van der Waals surface area contributed by atoms with E-state index < -0.39 is 0 Å². The summed E-state index contributed by atoms with van der Waals surface area (Å²) in [6, 6.07) is 0. The van der Waals surface area contributed by atoms with Gasteiger partial charge < -0.3 is 5.11 Å². The SMILES string of the molecule is [CH2]C(O)C1CCCCC1. The third kappa shape index (κ3) is 1.98. The monoisotopic (exact) mass is 127 g/mol. The molecule has 0 heterocycles. The summed E-state index contributed by atoms with van der Waals surface area (Å²) in [7, 11) is 0. The minimum absolute atomic E-state index is 0.315. The first kappa shape index (κ1) is 7.07. The fourth-order valence-electron chi connectivity index (χ4n) is 1.52. The van der Waals surface area contributed by atoms with E-state index in [-0.39, 0.29) is 6.10 Å². The van der Waals surface area contributed by atoms with Crippen molar-refractivity contribution in [3.63, 3.8) is 0 Å². The van der Waals surface area contributed by atoms with Crippen LogP contribution in [0.1, 0.15) is 32.1 Å². The molecule has 0 aromatic carbocycles. The van der Waals surface area contributed by atoms with Crippen molar-refractivity contribution in [2.24, 2.45) is 5.92 Å². The van der Waals surface area contributed by atoms with E-state index in [0.29, 0.717) is 5.92 Å². The van der Waals surface area contributed by atoms with E-state index in [1.807, 2.05) is 0 Å². The van der Waals surface area contributed by atoms with E-state index in [1.54, 1.807) is 0 Å². The maximum absolute atomic E-state index is 9.07. The topological polar surface area (TPSA) is 20.2 Å². The van der Waals surface area contributed by atoms with E-state index in [9.17, 15) is 0 Å². The zero-order valence-electron chi connectivity index (χ0n) is 5.84. The molecule has 1 rings (SSSR count). The van der Waals surface area contributed by atoms with E-state index in [4.69, 9.17) is 5.11 Å². The van der Waals surface area contributed by atoms with Gasteiger partial charge >= 0.3 is 0 Å². The second-order valence-corrected chi connectivity index (χ2v) is 2.97. The summed E-state index contributed by atoms with van der Waals surface area (Å²) in [6.07, 6.45) is 5.98. The summed E-state index contributed by atoms with van der Waals surface area (Å²) in [5.74, 6) is 0.499. The summed E-state index contributed by atoms with van der Waals surface area (Å²) in [6.45, 7) is 3.62. The average Bonchev–Trinajstić information content (AvgIpc) is 1.90. The number of aliphatic hydroxyl groups excluding tert-OH is 1. The van der Waals surface area contributed by atoms with Crippen molar-refractivity contribution in [1.29, 1.82) is 0 Å². The Morgan fingerprint density at radius 3 is 2.11 bits per heavy atom. The van der Waals surface area contributed by atoms with Gasteiger partial charge in [-0.3, -0.25) is 0 Å². The Kier molecular flexibility index (Phi) is 2.52. The Bertz CT molecular complexity index is 72.6. The zero-order chi connectivity index (χ0) is 6.69. The Hall–Kier alpha value is -0.0400. The first-order valence-corrected chi connectivity index (χ1v) is 3.82. The summed E-state index contributed by atoms with van der Waals surface area (Å²) >= 11 is 0. The van der Waals surface area contributed by atoms with Crippen LogP contribution < -0.4 is 0 Å². The molecule has 1 nitrogen and oxygen atoms in total. The van der Waals surface area contributed by atoms with Crippen molar-refractivity contribution < 1.29 is 5.11 Å². The molecular weight excluding hydrogens is 112 g/mol. The molecule has 1 N–H and O–H groups in total. The summed E-state index contributed by atoms with van der Waals surface area (Å²) in [5.41, 5.74) is 0. The molecule has 1 saturated carbocycles. The molecule has 0 aromatic rings. The van der Waals surface area contributed by atoms with Gasteiger partial charge in [-0.05, 0) is 25.7 Å². The Labute approximate surface area is 57.1 Å². The second-order valence-electron chi connectivity index (χ2n) is 2.97. The van der Waals surface area contributed by atoms with Crippen LogP contribution in [0.25, 0.3) is 0 Å². The normalized spacial score (nSPS) is 26.0. The van der Waals surface area contributed by atoms with Gasteiger partial charge in [-0.15, -0.1) is 0 Å². The van der Waals surface area contributed by atoms with Gasteiger partial charge in [-0.25, -0.2) is 0 Å². The minimum atomic E-state index is -0.315. The largest absolute Gasteiger partial charge is 0.393 e. The highest BCUT2D eigenvalue weighted by atomic mass is 16.3. The highest BCUT2D eigenvalue weighted by Crippen LogP contribution is 2.25. The molecule has 1 aliphatic carbocycles. The predicted octanol–water partition coefficient (Wildman–Crippen LogP) is 1.76. The number of hydrogen-bond acceptors (Lipinski definition) is 1. The van der Waals surface area contributed by atoms with Crippen LogP contribution in [0.5, 0.6) is 0 Å². The van der Waals surface area contributed by atoms with Gasteiger partial charge in [0.1, 0.15) is 0 Å². The molecule has 1 atom stereocenters. The van der Waals surface area contributed by atoms with Crippen molar-refractivity contribution in [1.82, 2.24) is 0 Å². The van der Waals surface area contributed by atoms with Gasteiger partial charge in [0.05, 0.1) is 6.10 Å². The fraction of sp³-hybridized carbons (Fsp3) is 0.875. The first-order valence-electron chi connectivity index (χ1n) is 3.82. The smallest absolute Gasteiger partial charge is 0.0569 e. The quantitative estimate of drug-likeness (QED) is 0.569. The molecule has 0 aliphatic heterocycles. The molecule has 1 heteroatoms. The van der Waals surface area contributed by atoms with Crippen LogP contribution in [0.15, 0.2) is 0 Å². The molecule has 0 aromatic heterocycles. The molecule has 1 radical (unpaired) electrons. The molecule has 0 spiro atoms. The van der Waals surface area contributed by atoms with Gasteiger partial charge in [-0.1, -0.05) is 19.3 Å². The average molecular weight is 127 g/mol. The van der Waals surface area contributed by atoms with Gasteiger partial charge in [0.15, 0.2) is 0 Å². The van der Waals surface area contributed by atoms with Crippen molar-refractivity contribution in [2.45, 2.75) is 38.2 Å². The number of rotatable bonds is 1. The lowest BCUT2D eigenvalue weighted by Crippen LogP contribution is -2.19. The van der Waals surface area contributed by atoms with Crippen LogP contribution in [0.4, 0.5) is 0 Å². The molecule has 1 unspecified atom stereocenters. The predicted molar refractivity (Wildman–Crippen MR) is 37.9 cm³/mol. The molecule has 53 valence electrons. The van der Waals surface area contributed by atoms with Crippen molar-refractivity contribution >= 4 is 0 Å². The maximum Gasteiger partial charge on any atom is 0.0569 e.